The van der Waals surface area contributed by atoms with Crippen LogP contribution in [0.2, 0.25) is 0 Å². The SMILES string of the molecule is Cc1cc(C)cc(C(=O)NNC(=O)c2ccc3c(c2)B(O)NC3)c1. The van der Waals surface area contributed by atoms with Crippen molar-refractivity contribution < 1.29 is 14.6 Å². The molecule has 1 aliphatic rings. The lowest BCUT2D eigenvalue weighted by atomic mass is 9.75. The first-order chi connectivity index (χ1) is 11.4. The Bertz CT molecular complexity index is 802. The molecule has 0 aromatic heterocycles. The Labute approximate surface area is 140 Å². The molecule has 0 saturated heterocycles. The molecule has 1 aliphatic heterocycles. The van der Waals surface area contributed by atoms with Gasteiger partial charge in [-0.1, -0.05) is 29.3 Å². The normalized spacial score (nSPS) is 12.7. The fraction of sp³-hybridized carbons (Fsp3) is 0.176. The molecule has 0 radical (unpaired) electrons. The predicted octanol–water partition coefficient (Wildman–Crippen LogP) is 0.169. The number of carbonyl (C=O) groups is 2. The molecule has 0 saturated carbocycles. The van der Waals surface area contributed by atoms with Crippen LogP contribution in [0.15, 0.2) is 36.4 Å². The van der Waals surface area contributed by atoms with Crippen LogP contribution < -0.4 is 21.5 Å². The maximum atomic E-state index is 12.2. The number of carbonyl (C=O) groups excluding carboxylic acids is 2. The minimum atomic E-state index is -0.766. The highest BCUT2D eigenvalue weighted by molar-refractivity contribution is 6.65. The summed E-state index contributed by atoms with van der Waals surface area (Å²) in [4.78, 5) is 24.3. The van der Waals surface area contributed by atoms with Crippen molar-refractivity contribution in [3.8, 4) is 0 Å². The molecule has 0 aliphatic carbocycles. The van der Waals surface area contributed by atoms with Crippen molar-refractivity contribution in [3.05, 3.63) is 64.2 Å². The average Bonchev–Trinajstić information content (AvgIpc) is 2.92. The monoisotopic (exact) mass is 323 g/mol. The van der Waals surface area contributed by atoms with E-state index in [0.29, 0.717) is 23.1 Å². The molecule has 2 aromatic carbocycles. The van der Waals surface area contributed by atoms with Crippen molar-refractivity contribution in [2.24, 2.45) is 0 Å². The van der Waals surface area contributed by atoms with Gasteiger partial charge in [0.1, 0.15) is 0 Å². The van der Waals surface area contributed by atoms with Gasteiger partial charge < -0.3 is 10.3 Å². The van der Waals surface area contributed by atoms with E-state index < -0.39 is 13.0 Å². The number of nitrogens with one attached hydrogen (secondary N) is 3. The molecular weight excluding hydrogens is 305 g/mol. The van der Waals surface area contributed by atoms with Crippen molar-refractivity contribution in [2.45, 2.75) is 20.4 Å². The number of hydrazine groups is 1. The zero-order chi connectivity index (χ0) is 17.3. The third-order valence-electron chi connectivity index (χ3n) is 3.96. The highest BCUT2D eigenvalue weighted by Gasteiger charge is 2.25. The van der Waals surface area contributed by atoms with Crippen LogP contribution in [0.1, 0.15) is 37.4 Å². The number of hydrogen-bond acceptors (Lipinski definition) is 4. The standard InChI is InChI=1S/C17H18BN3O3/c1-10-5-11(2)7-14(6-10)17(23)21-20-16(22)12-3-4-13-9-19-18(24)15(13)8-12/h3-8,19,24H,9H2,1-2H3,(H,20,22)(H,21,23). The number of rotatable bonds is 2. The summed E-state index contributed by atoms with van der Waals surface area (Å²) in [5.41, 5.74) is 9.27. The van der Waals surface area contributed by atoms with E-state index in [-0.39, 0.29) is 5.91 Å². The summed E-state index contributed by atoms with van der Waals surface area (Å²) in [7, 11) is -0.766. The van der Waals surface area contributed by atoms with Gasteiger partial charge in [0.25, 0.3) is 11.8 Å². The summed E-state index contributed by atoms with van der Waals surface area (Å²) in [5, 5.41) is 12.7. The van der Waals surface area contributed by atoms with Crippen LogP contribution >= 0.6 is 0 Å². The topological polar surface area (TPSA) is 90.5 Å². The Morgan fingerprint density at radius 2 is 1.62 bits per heavy atom. The Morgan fingerprint density at radius 3 is 2.29 bits per heavy atom. The largest absolute Gasteiger partial charge is 0.433 e. The third-order valence-corrected chi connectivity index (χ3v) is 3.96. The van der Waals surface area contributed by atoms with E-state index in [1.807, 2.05) is 19.9 Å². The first-order valence-corrected chi connectivity index (χ1v) is 7.67. The summed E-state index contributed by atoms with van der Waals surface area (Å²) in [6.45, 7) is 4.39. The molecule has 2 amide bonds. The molecule has 2 aromatic rings. The summed E-state index contributed by atoms with van der Waals surface area (Å²) in [6.07, 6.45) is 0. The molecule has 0 spiro atoms. The van der Waals surface area contributed by atoms with Gasteiger partial charge in [-0.15, -0.1) is 0 Å². The molecule has 6 nitrogen and oxygen atoms in total. The van der Waals surface area contributed by atoms with E-state index >= 15 is 0 Å². The molecule has 0 bridgehead atoms. The quantitative estimate of drug-likeness (QED) is 0.468. The van der Waals surface area contributed by atoms with Crippen molar-refractivity contribution in [1.29, 1.82) is 0 Å². The fourth-order valence-corrected chi connectivity index (χ4v) is 2.83. The fourth-order valence-electron chi connectivity index (χ4n) is 2.83. The van der Waals surface area contributed by atoms with Gasteiger partial charge >= 0.3 is 7.05 Å². The average molecular weight is 323 g/mol. The van der Waals surface area contributed by atoms with Crippen molar-refractivity contribution in [3.63, 3.8) is 0 Å². The summed E-state index contributed by atoms with van der Waals surface area (Å²) in [6, 6.07) is 10.6. The van der Waals surface area contributed by atoms with Crippen LogP contribution in [0, 0.1) is 13.8 Å². The molecule has 0 atom stereocenters. The molecule has 24 heavy (non-hydrogen) atoms. The van der Waals surface area contributed by atoms with Crippen LogP contribution in [-0.4, -0.2) is 23.9 Å². The number of hydrogen-bond donors (Lipinski definition) is 4. The van der Waals surface area contributed by atoms with Crippen LogP contribution in [0.5, 0.6) is 0 Å². The minimum absolute atomic E-state index is 0.372. The summed E-state index contributed by atoms with van der Waals surface area (Å²) >= 11 is 0. The Hall–Kier alpha value is -2.64. The van der Waals surface area contributed by atoms with Gasteiger partial charge in [-0.2, -0.15) is 0 Å². The third kappa shape index (κ3) is 3.32. The molecule has 0 fully saturated rings. The highest BCUT2D eigenvalue weighted by atomic mass is 16.2. The van der Waals surface area contributed by atoms with Gasteiger partial charge in [-0.25, -0.2) is 0 Å². The van der Waals surface area contributed by atoms with Gasteiger partial charge in [-0.05, 0) is 43.1 Å². The van der Waals surface area contributed by atoms with E-state index in [9.17, 15) is 14.6 Å². The first-order valence-electron chi connectivity index (χ1n) is 7.67. The van der Waals surface area contributed by atoms with E-state index in [2.05, 4.69) is 16.1 Å². The highest BCUT2D eigenvalue weighted by Crippen LogP contribution is 2.09. The number of amides is 2. The van der Waals surface area contributed by atoms with Gasteiger partial charge in [-0.3, -0.25) is 20.4 Å². The second-order valence-electron chi connectivity index (χ2n) is 5.98. The number of aryl methyl sites for hydroxylation is 2. The first kappa shape index (κ1) is 16.2. The zero-order valence-corrected chi connectivity index (χ0v) is 13.5. The number of benzene rings is 2. The Kier molecular flexibility index (Phi) is 4.37. The van der Waals surface area contributed by atoms with E-state index in [0.717, 1.165) is 16.7 Å². The smallest absolute Gasteiger partial charge is 0.413 e. The molecular formula is C17H18BN3O3. The van der Waals surface area contributed by atoms with E-state index in [4.69, 9.17) is 0 Å². The zero-order valence-electron chi connectivity index (χ0n) is 13.5. The molecule has 4 N–H and O–H groups in total. The van der Waals surface area contributed by atoms with Gasteiger partial charge in [0.05, 0.1) is 0 Å². The molecule has 122 valence electrons. The van der Waals surface area contributed by atoms with Crippen LogP contribution in [0.4, 0.5) is 0 Å². The van der Waals surface area contributed by atoms with Gasteiger partial charge in [0, 0.05) is 17.7 Å². The minimum Gasteiger partial charge on any atom is -0.433 e. The van der Waals surface area contributed by atoms with Crippen LogP contribution in [0.3, 0.4) is 0 Å². The molecule has 3 rings (SSSR count). The predicted molar refractivity (Wildman–Crippen MR) is 91.7 cm³/mol. The van der Waals surface area contributed by atoms with Gasteiger partial charge in [0.15, 0.2) is 0 Å². The summed E-state index contributed by atoms with van der Waals surface area (Å²) in [5.74, 6) is -0.812. The van der Waals surface area contributed by atoms with Gasteiger partial charge in [0.2, 0.25) is 0 Å². The second-order valence-corrected chi connectivity index (χ2v) is 5.98. The summed E-state index contributed by atoms with van der Waals surface area (Å²) < 4.78 is 0. The van der Waals surface area contributed by atoms with Crippen LogP contribution in [0.25, 0.3) is 0 Å². The lowest BCUT2D eigenvalue weighted by molar-refractivity contribution is 0.0846. The lowest BCUT2D eigenvalue weighted by Gasteiger charge is -2.10. The lowest BCUT2D eigenvalue weighted by Crippen LogP contribution is -2.42. The molecule has 7 heteroatoms. The van der Waals surface area contributed by atoms with Crippen molar-refractivity contribution in [2.75, 3.05) is 0 Å². The van der Waals surface area contributed by atoms with Crippen molar-refractivity contribution in [1.82, 2.24) is 16.1 Å². The van der Waals surface area contributed by atoms with E-state index in [1.165, 1.54) is 0 Å². The number of fused-ring (bicyclic) bond motifs is 1. The maximum absolute atomic E-state index is 12.2. The van der Waals surface area contributed by atoms with Crippen LogP contribution in [-0.2, 0) is 6.54 Å². The maximum Gasteiger partial charge on any atom is 0.413 e. The molecule has 0 unspecified atom stereocenters. The Balaban J connectivity index is 1.67. The second kappa shape index (κ2) is 6.47. The molecule has 1 heterocycles. The Morgan fingerprint density at radius 1 is 1.00 bits per heavy atom. The van der Waals surface area contributed by atoms with Crippen molar-refractivity contribution >= 4 is 24.3 Å². The van der Waals surface area contributed by atoms with E-state index in [1.54, 1.807) is 30.3 Å².